The molecule has 0 spiro atoms. The van der Waals surface area contributed by atoms with E-state index in [9.17, 15) is 0 Å². The molecule has 1 atom stereocenters. The molecule has 0 saturated heterocycles. The highest BCUT2D eigenvalue weighted by molar-refractivity contribution is 6.35. The molecule has 2 aromatic rings. The van der Waals surface area contributed by atoms with E-state index >= 15 is 0 Å². The van der Waals surface area contributed by atoms with Gasteiger partial charge in [-0.3, -0.25) is 4.99 Å². The maximum atomic E-state index is 6.31. The number of aliphatic imine (C=N–C) groups is 1. The van der Waals surface area contributed by atoms with Gasteiger partial charge in [-0.2, -0.15) is 0 Å². The fourth-order valence-corrected chi connectivity index (χ4v) is 3.21. The van der Waals surface area contributed by atoms with E-state index in [1.54, 1.807) is 6.07 Å². The van der Waals surface area contributed by atoms with Crippen LogP contribution in [0, 0.1) is 0 Å². The minimum absolute atomic E-state index is 0.0883. The molecule has 0 fully saturated rings. The molecular weight excluding hydrogens is 329 g/mol. The van der Waals surface area contributed by atoms with E-state index in [2.05, 4.69) is 4.99 Å². The molecule has 1 unspecified atom stereocenters. The van der Waals surface area contributed by atoms with E-state index < -0.39 is 0 Å². The van der Waals surface area contributed by atoms with Gasteiger partial charge < -0.3 is 10.6 Å². The molecule has 21 heavy (non-hydrogen) atoms. The van der Waals surface area contributed by atoms with Crippen LogP contribution in [0.1, 0.15) is 11.6 Å². The average molecular weight is 341 g/mol. The first-order chi connectivity index (χ1) is 10.1. The third kappa shape index (κ3) is 2.69. The van der Waals surface area contributed by atoms with Crippen LogP contribution in [0.5, 0.6) is 0 Å². The predicted molar refractivity (Wildman–Crippen MR) is 89.6 cm³/mol. The second-order valence-electron chi connectivity index (χ2n) is 4.70. The Morgan fingerprint density at radius 2 is 1.81 bits per heavy atom. The number of benzene rings is 2. The minimum Gasteiger partial charge on any atom is -0.369 e. The van der Waals surface area contributed by atoms with Gasteiger partial charge in [0.15, 0.2) is 5.96 Å². The molecule has 108 valence electrons. The third-order valence-corrected chi connectivity index (χ3v) is 4.30. The standard InChI is InChI=1S/C15H12Cl3N3/c16-9-5-6-10(12(18)7-9)14-8-20-15(19)21(14)13-4-2-1-3-11(13)17/h1-7,14H,8H2,(H2,19,20). The fourth-order valence-electron chi connectivity index (χ4n) is 2.45. The minimum atomic E-state index is -0.0883. The molecule has 0 saturated carbocycles. The topological polar surface area (TPSA) is 41.6 Å². The number of hydrogen-bond donors (Lipinski definition) is 1. The summed E-state index contributed by atoms with van der Waals surface area (Å²) in [5, 5.41) is 1.81. The van der Waals surface area contributed by atoms with E-state index in [4.69, 9.17) is 40.5 Å². The molecule has 1 heterocycles. The lowest BCUT2D eigenvalue weighted by molar-refractivity contribution is 0.769. The van der Waals surface area contributed by atoms with E-state index in [-0.39, 0.29) is 6.04 Å². The monoisotopic (exact) mass is 339 g/mol. The summed E-state index contributed by atoms with van der Waals surface area (Å²) in [5.74, 6) is 0.430. The fraction of sp³-hybridized carbons (Fsp3) is 0.133. The first-order valence-electron chi connectivity index (χ1n) is 6.36. The van der Waals surface area contributed by atoms with Gasteiger partial charge in [0, 0.05) is 10.0 Å². The van der Waals surface area contributed by atoms with Gasteiger partial charge in [-0.25, -0.2) is 0 Å². The molecular formula is C15H12Cl3N3. The van der Waals surface area contributed by atoms with Crippen molar-refractivity contribution < 1.29 is 0 Å². The maximum absolute atomic E-state index is 6.31. The molecule has 3 nitrogen and oxygen atoms in total. The highest BCUT2D eigenvalue weighted by Crippen LogP contribution is 2.38. The Kier molecular flexibility index (Phi) is 3.98. The Labute approximate surface area is 137 Å². The first-order valence-corrected chi connectivity index (χ1v) is 7.50. The summed E-state index contributed by atoms with van der Waals surface area (Å²) in [6.45, 7) is 0.526. The van der Waals surface area contributed by atoms with E-state index in [1.165, 1.54) is 0 Å². The van der Waals surface area contributed by atoms with Gasteiger partial charge in [-0.15, -0.1) is 0 Å². The van der Waals surface area contributed by atoms with Crippen molar-refractivity contribution in [2.24, 2.45) is 10.7 Å². The van der Waals surface area contributed by atoms with Gasteiger partial charge in [-0.05, 0) is 29.8 Å². The Bertz CT molecular complexity index is 715. The molecule has 0 radical (unpaired) electrons. The van der Waals surface area contributed by atoms with Crippen LogP contribution in [0.4, 0.5) is 5.69 Å². The quantitative estimate of drug-likeness (QED) is 0.873. The molecule has 3 rings (SSSR count). The molecule has 2 aromatic carbocycles. The number of anilines is 1. The summed E-state index contributed by atoms with van der Waals surface area (Å²) in [7, 11) is 0. The van der Waals surface area contributed by atoms with Crippen molar-refractivity contribution in [1.29, 1.82) is 0 Å². The van der Waals surface area contributed by atoms with Crippen molar-refractivity contribution in [2.45, 2.75) is 6.04 Å². The van der Waals surface area contributed by atoms with Gasteiger partial charge in [0.1, 0.15) is 0 Å². The maximum Gasteiger partial charge on any atom is 0.196 e. The SMILES string of the molecule is NC1=NCC(c2ccc(Cl)cc2Cl)N1c1ccccc1Cl. The smallest absolute Gasteiger partial charge is 0.196 e. The third-order valence-electron chi connectivity index (χ3n) is 3.42. The number of nitrogens with two attached hydrogens (primary N) is 1. The molecule has 0 aromatic heterocycles. The number of halogens is 3. The highest BCUT2D eigenvalue weighted by Gasteiger charge is 2.31. The summed E-state index contributed by atoms with van der Waals surface area (Å²) < 4.78 is 0. The van der Waals surface area contributed by atoms with Gasteiger partial charge in [0.2, 0.25) is 0 Å². The van der Waals surface area contributed by atoms with Crippen LogP contribution in [-0.4, -0.2) is 12.5 Å². The Morgan fingerprint density at radius 1 is 1.05 bits per heavy atom. The zero-order chi connectivity index (χ0) is 15.0. The van der Waals surface area contributed by atoms with Crippen molar-refractivity contribution in [3.05, 3.63) is 63.1 Å². The van der Waals surface area contributed by atoms with Gasteiger partial charge >= 0.3 is 0 Å². The zero-order valence-electron chi connectivity index (χ0n) is 10.9. The molecule has 6 heteroatoms. The normalized spacial score (nSPS) is 18.0. The van der Waals surface area contributed by atoms with E-state index in [0.717, 1.165) is 11.3 Å². The van der Waals surface area contributed by atoms with Crippen LogP contribution >= 0.6 is 34.8 Å². The van der Waals surface area contributed by atoms with Crippen molar-refractivity contribution in [3.63, 3.8) is 0 Å². The largest absolute Gasteiger partial charge is 0.369 e. The predicted octanol–water partition coefficient (Wildman–Crippen LogP) is 4.52. The van der Waals surface area contributed by atoms with Crippen LogP contribution in [-0.2, 0) is 0 Å². The van der Waals surface area contributed by atoms with Crippen LogP contribution in [0.25, 0.3) is 0 Å². The summed E-state index contributed by atoms with van der Waals surface area (Å²) in [6, 6.07) is 12.9. The van der Waals surface area contributed by atoms with Crippen LogP contribution < -0.4 is 10.6 Å². The molecule has 0 amide bonds. The number of nitrogens with zero attached hydrogens (tertiary/aromatic N) is 2. The van der Waals surface area contributed by atoms with Crippen LogP contribution in [0.3, 0.4) is 0 Å². The molecule has 0 bridgehead atoms. The molecule has 0 aliphatic carbocycles. The molecule has 1 aliphatic rings. The summed E-state index contributed by atoms with van der Waals surface area (Å²) in [6.07, 6.45) is 0. The number of para-hydroxylation sites is 1. The van der Waals surface area contributed by atoms with E-state index in [0.29, 0.717) is 27.6 Å². The summed E-state index contributed by atoms with van der Waals surface area (Å²) in [5.41, 5.74) is 7.77. The second kappa shape index (κ2) is 5.76. The zero-order valence-corrected chi connectivity index (χ0v) is 13.2. The Hall–Kier alpha value is -1.42. The number of guanidine groups is 1. The van der Waals surface area contributed by atoms with Crippen molar-refractivity contribution in [2.75, 3.05) is 11.4 Å². The average Bonchev–Trinajstić information content (AvgIpc) is 2.81. The molecule has 2 N–H and O–H groups in total. The lowest BCUT2D eigenvalue weighted by Gasteiger charge is -2.28. The Balaban J connectivity index is 2.05. The number of hydrogen-bond acceptors (Lipinski definition) is 3. The Morgan fingerprint density at radius 3 is 2.52 bits per heavy atom. The summed E-state index contributed by atoms with van der Waals surface area (Å²) in [4.78, 5) is 6.23. The van der Waals surface area contributed by atoms with Gasteiger partial charge in [-0.1, -0.05) is 53.0 Å². The first kappa shape index (κ1) is 14.5. The van der Waals surface area contributed by atoms with E-state index in [1.807, 2.05) is 41.3 Å². The van der Waals surface area contributed by atoms with Crippen LogP contribution in [0.15, 0.2) is 47.5 Å². The van der Waals surface area contributed by atoms with Crippen LogP contribution in [0.2, 0.25) is 15.1 Å². The lowest BCUT2D eigenvalue weighted by Crippen LogP contribution is -2.36. The van der Waals surface area contributed by atoms with Gasteiger partial charge in [0.05, 0.1) is 23.3 Å². The lowest BCUT2D eigenvalue weighted by atomic mass is 10.1. The molecule has 1 aliphatic heterocycles. The van der Waals surface area contributed by atoms with Crippen molar-refractivity contribution >= 4 is 46.4 Å². The van der Waals surface area contributed by atoms with Crippen molar-refractivity contribution in [3.8, 4) is 0 Å². The number of rotatable bonds is 2. The van der Waals surface area contributed by atoms with Gasteiger partial charge in [0.25, 0.3) is 0 Å². The highest BCUT2D eigenvalue weighted by atomic mass is 35.5. The van der Waals surface area contributed by atoms with Crippen molar-refractivity contribution in [1.82, 2.24) is 0 Å². The second-order valence-corrected chi connectivity index (χ2v) is 5.95. The summed E-state index contributed by atoms with van der Waals surface area (Å²) >= 11 is 18.6.